The van der Waals surface area contributed by atoms with Crippen molar-refractivity contribution in [1.29, 1.82) is 0 Å². The molecule has 0 fully saturated rings. The zero-order valence-corrected chi connectivity index (χ0v) is 24.3. The molecule has 0 N–H and O–H groups in total. The number of carbonyl (C=O) groups is 1. The van der Waals surface area contributed by atoms with Gasteiger partial charge in [0.2, 0.25) is 0 Å². The number of thiophene rings is 2. The number of aryl methyl sites for hydroxylation is 1. The number of Topliss-reactive ketones (excluding diaryl/α,β-unsaturated/α-hetero) is 1. The fourth-order valence-electron chi connectivity index (χ4n) is 5.23. The van der Waals surface area contributed by atoms with Crippen molar-refractivity contribution < 1.29 is 4.79 Å². The van der Waals surface area contributed by atoms with E-state index in [1.807, 2.05) is 22.7 Å². The Morgan fingerprint density at radius 1 is 0.750 bits per heavy atom. The lowest BCUT2D eigenvalue weighted by Crippen LogP contribution is -1.98. The number of unbranched alkanes of at least 4 members (excludes halogenated alkanes) is 8. The summed E-state index contributed by atoms with van der Waals surface area (Å²) in [6.07, 6.45) is 17.3. The van der Waals surface area contributed by atoms with Crippen molar-refractivity contribution in [2.24, 2.45) is 5.92 Å². The molecule has 0 saturated carbocycles. The Labute approximate surface area is 226 Å². The molecule has 0 saturated heterocycles. The molecule has 0 aliphatic heterocycles. The van der Waals surface area contributed by atoms with E-state index in [1.165, 1.54) is 112 Å². The maximum absolute atomic E-state index is 12.9. The summed E-state index contributed by atoms with van der Waals surface area (Å²) in [7, 11) is 0. The van der Waals surface area contributed by atoms with Crippen LogP contribution in [0, 0.1) is 5.92 Å². The summed E-state index contributed by atoms with van der Waals surface area (Å²) in [4.78, 5) is 12.9. The standard InChI is InChI=1S/C33H44OS2/c1-4-6-7-8-9-10-11-12-13-17-29(34)26-19-21-28-31(23-26)36-32-27-20-18-25(16-14-15-24(3)5-2)22-30(27)35-33(28)32/h18-24H,4-17H2,1-3H3/t24-/m0/s1. The summed E-state index contributed by atoms with van der Waals surface area (Å²) in [5, 5.41) is 2.69. The molecule has 194 valence electrons. The van der Waals surface area contributed by atoms with Gasteiger partial charge in [-0.2, -0.15) is 0 Å². The van der Waals surface area contributed by atoms with Gasteiger partial charge in [0, 0.05) is 32.2 Å². The molecule has 0 radical (unpaired) electrons. The molecular formula is C33H44OS2. The Morgan fingerprint density at radius 2 is 1.36 bits per heavy atom. The molecule has 4 rings (SSSR count). The van der Waals surface area contributed by atoms with Gasteiger partial charge in [0.05, 0.1) is 9.40 Å². The van der Waals surface area contributed by atoms with E-state index in [4.69, 9.17) is 0 Å². The summed E-state index contributed by atoms with van der Waals surface area (Å²) in [5.74, 6) is 1.14. The summed E-state index contributed by atoms with van der Waals surface area (Å²) in [6.45, 7) is 6.91. The van der Waals surface area contributed by atoms with E-state index in [2.05, 4.69) is 57.2 Å². The number of hydrogen-bond donors (Lipinski definition) is 0. The zero-order valence-electron chi connectivity index (χ0n) is 22.7. The number of carbonyl (C=O) groups excluding carboxylic acids is 1. The molecule has 0 unspecified atom stereocenters. The van der Waals surface area contributed by atoms with Crippen molar-refractivity contribution in [2.75, 3.05) is 0 Å². The summed E-state index contributed by atoms with van der Waals surface area (Å²) >= 11 is 3.78. The van der Waals surface area contributed by atoms with Crippen LogP contribution in [0.25, 0.3) is 29.6 Å². The summed E-state index contributed by atoms with van der Waals surface area (Å²) < 4.78 is 5.44. The van der Waals surface area contributed by atoms with E-state index >= 15 is 0 Å². The number of rotatable bonds is 16. The molecule has 4 aromatic rings. The first-order valence-corrected chi connectivity index (χ1v) is 16.1. The highest BCUT2D eigenvalue weighted by atomic mass is 32.1. The lowest BCUT2D eigenvalue weighted by molar-refractivity contribution is 0.0979. The number of ketones is 1. The van der Waals surface area contributed by atoms with E-state index in [1.54, 1.807) is 0 Å². The average Bonchev–Trinajstić information content (AvgIpc) is 3.42. The predicted molar refractivity (Wildman–Crippen MR) is 163 cm³/mol. The molecule has 2 aromatic heterocycles. The molecular weight excluding hydrogens is 476 g/mol. The van der Waals surface area contributed by atoms with Crippen LogP contribution in [0.2, 0.25) is 0 Å². The van der Waals surface area contributed by atoms with Crippen LogP contribution in [0.3, 0.4) is 0 Å². The van der Waals surface area contributed by atoms with E-state index < -0.39 is 0 Å². The summed E-state index contributed by atoms with van der Waals surface area (Å²) in [5.41, 5.74) is 2.36. The Hall–Kier alpha value is -1.71. The second-order valence-corrected chi connectivity index (χ2v) is 12.9. The van der Waals surface area contributed by atoms with Crippen LogP contribution >= 0.6 is 22.7 Å². The van der Waals surface area contributed by atoms with Crippen molar-refractivity contribution in [3.63, 3.8) is 0 Å². The van der Waals surface area contributed by atoms with Crippen LogP contribution in [-0.4, -0.2) is 5.78 Å². The molecule has 0 aliphatic carbocycles. The second kappa shape index (κ2) is 13.7. The maximum atomic E-state index is 12.9. The van der Waals surface area contributed by atoms with E-state index in [9.17, 15) is 4.79 Å². The SMILES string of the molecule is CCCCCCCCCCCC(=O)c1ccc2c(c1)sc1c3ccc(CCC[C@@H](C)CC)cc3sc21. The number of benzene rings is 2. The van der Waals surface area contributed by atoms with Gasteiger partial charge in [-0.3, -0.25) is 4.79 Å². The third kappa shape index (κ3) is 6.98. The quantitative estimate of drug-likeness (QED) is 0.106. The van der Waals surface area contributed by atoms with Gasteiger partial charge in [-0.15, -0.1) is 22.7 Å². The highest BCUT2D eigenvalue weighted by Crippen LogP contribution is 2.44. The van der Waals surface area contributed by atoms with Crippen LogP contribution in [0.1, 0.15) is 120 Å². The van der Waals surface area contributed by atoms with Crippen LogP contribution in [0.15, 0.2) is 36.4 Å². The minimum Gasteiger partial charge on any atom is -0.294 e. The van der Waals surface area contributed by atoms with Crippen molar-refractivity contribution in [3.8, 4) is 0 Å². The fourth-order valence-corrected chi connectivity index (χ4v) is 7.99. The third-order valence-electron chi connectivity index (χ3n) is 7.84. The van der Waals surface area contributed by atoms with Crippen LogP contribution < -0.4 is 0 Å². The van der Waals surface area contributed by atoms with Gasteiger partial charge >= 0.3 is 0 Å². The first kappa shape index (κ1) is 27.3. The molecule has 0 spiro atoms. The van der Waals surface area contributed by atoms with E-state index in [0.717, 1.165) is 17.9 Å². The molecule has 2 heterocycles. The fraction of sp³-hybridized carbons (Fsp3) is 0.545. The Kier molecular flexibility index (Phi) is 10.4. The van der Waals surface area contributed by atoms with E-state index in [-0.39, 0.29) is 0 Å². The van der Waals surface area contributed by atoms with Gasteiger partial charge in [0.15, 0.2) is 5.78 Å². The van der Waals surface area contributed by atoms with Gasteiger partial charge < -0.3 is 0 Å². The van der Waals surface area contributed by atoms with Crippen LogP contribution in [0.4, 0.5) is 0 Å². The molecule has 1 atom stereocenters. The van der Waals surface area contributed by atoms with Crippen LogP contribution in [0.5, 0.6) is 0 Å². The molecule has 0 bridgehead atoms. The Morgan fingerprint density at radius 3 is 2.03 bits per heavy atom. The van der Waals surface area contributed by atoms with Crippen LogP contribution in [-0.2, 0) is 6.42 Å². The topological polar surface area (TPSA) is 17.1 Å². The van der Waals surface area contributed by atoms with Gasteiger partial charge in [-0.1, -0.05) is 109 Å². The average molecular weight is 521 g/mol. The van der Waals surface area contributed by atoms with Gasteiger partial charge in [0.1, 0.15) is 0 Å². The summed E-state index contributed by atoms with van der Waals surface area (Å²) in [6, 6.07) is 13.5. The van der Waals surface area contributed by atoms with Crippen molar-refractivity contribution >= 4 is 58.0 Å². The minimum atomic E-state index is 0.309. The maximum Gasteiger partial charge on any atom is 0.162 e. The lowest BCUT2D eigenvalue weighted by atomic mass is 9.99. The highest BCUT2D eigenvalue weighted by molar-refractivity contribution is 7.36. The first-order chi connectivity index (χ1) is 17.6. The molecule has 0 amide bonds. The van der Waals surface area contributed by atoms with Crippen molar-refractivity contribution in [1.82, 2.24) is 0 Å². The van der Waals surface area contributed by atoms with Gasteiger partial charge in [0.25, 0.3) is 0 Å². The first-order valence-electron chi connectivity index (χ1n) is 14.5. The lowest BCUT2D eigenvalue weighted by Gasteiger charge is -2.07. The van der Waals surface area contributed by atoms with Crippen molar-refractivity contribution in [3.05, 3.63) is 47.5 Å². The molecule has 36 heavy (non-hydrogen) atoms. The largest absolute Gasteiger partial charge is 0.294 e. The van der Waals surface area contributed by atoms with E-state index in [0.29, 0.717) is 12.2 Å². The van der Waals surface area contributed by atoms with Gasteiger partial charge in [-0.25, -0.2) is 0 Å². The highest BCUT2D eigenvalue weighted by Gasteiger charge is 2.15. The monoisotopic (exact) mass is 520 g/mol. The smallest absolute Gasteiger partial charge is 0.162 e. The second-order valence-electron chi connectivity index (χ2n) is 10.8. The molecule has 3 heteroatoms. The molecule has 1 nitrogen and oxygen atoms in total. The Balaban J connectivity index is 1.34. The third-order valence-corrected chi connectivity index (χ3v) is 10.3. The zero-order chi connectivity index (χ0) is 25.3. The number of hydrogen-bond acceptors (Lipinski definition) is 3. The van der Waals surface area contributed by atoms with Crippen molar-refractivity contribution in [2.45, 2.75) is 111 Å². The Bertz CT molecular complexity index is 1260. The normalized spacial score (nSPS) is 12.8. The molecule has 0 aliphatic rings. The molecule has 2 aromatic carbocycles. The van der Waals surface area contributed by atoms with Gasteiger partial charge in [-0.05, 0) is 42.9 Å². The minimum absolute atomic E-state index is 0.309. The number of fused-ring (bicyclic) bond motifs is 5. The predicted octanol–water partition coefficient (Wildman–Crippen LogP) is 11.7.